The van der Waals surface area contributed by atoms with Gasteiger partial charge < -0.3 is 10.1 Å². The SMILES string of the molecule is CC(C)OCCCNC(=O)Cc1ccccc1S(C)(=O)=O. The molecule has 0 aliphatic heterocycles. The van der Waals surface area contributed by atoms with E-state index in [9.17, 15) is 13.2 Å². The summed E-state index contributed by atoms with van der Waals surface area (Å²) in [6, 6.07) is 6.57. The molecule has 1 rings (SSSR count). The first-order chi connectivity index (χ1) is 9.80. The summed E-state index contributed by atoms with van der Waals surface area (Å²) in [5.41, 5.74) is 0.524. The Balaban J connectivity index is 2.49. The standard InChI is InChI=1S/C15H23NO4S/c1-12(2)20-10-6-9-16-15(17)11-13-7-4-5-8-14(13)21(3,18)19/h4-5,7-8,12H,6,9-11H2,1-3H3,(H,16,17). The van der Waals surface area contributed by atoms with Gasteiger partial charge in [0.1, 0.15) is 0 Å². The molecular weight excluding hydrogens is 290 g/mol. The third-order valence-corrected chi connectivity index (χ3v) is 4.01. The predicted octanol–water partition coefficient (Wildman–Crippen LogP) is 1.56. The van der Waals surface area contributed by atoms with E-state index in [0.717, 1.165) is 12.7 Å². The van der Waals surface area contributed by atoms with Gasteiger partial charge in [0, 0.05) is 19.4 Å². The molecule has 0 bridgehead atoms. The molecule has 1 aromatic rings. The van der Waals surface area contributed by atoms with Crippen LogP contribution in [0.2, 0.25) is 0 Å². The monoisotopic (exact) mass is 313 g/mol. The first-order valence-electron chi connectivity index (χ1n) is 6.97. The van der Waals surface area contributed by atoms with Gasteiger partial charge in [-0.2, -0.15) is 0 Å². The van der Waals surface area contributed by atoms with Crippen molar-refractivity contribution in [3.8, 4) is 0 Å². The minimum absolute atomic E-state index is 0.0638. The van der Waals surface area contributed by atoms with Crippen LogP contribution in [-0.2, 0) is 25.8 Å². The van der Waals surface area contributed by atoms with E-state index in [1.165, 1.54) is 6.07 Å². The third kappa shape index (κ3) is 6.73. The fourth-order valence-corrected chi connectivity index (χ4v) is 2.81. The maximum Gasteiger partial charge on any atom is 0.224 e. The van der Waals surface area contributed by atoms with E-state index < -0.39 is 9.84 Å². The molecule has 0 aliphatic rings. The third-order valence-electron chi connectivity index (χ3n) is 2.82. The Hall–Kier alpha value is -1.40. The molecule has 0 saturated heterocycles. The number of amides is 1. The van der Waals surface area contributed by atoms with Crippen molar-refractivity contribution in [2.45, 2.75) is 37.7 Å². The van der Waals surface area contributed by atoms with Crippen molar-refractivity contribution in [3.63, 3.8) is 0 Å². The number of nitrogens with one attached hydrogen (secondary N) is 1. The molecule has 0 atom stereocenters. The normalized spacial score (nSPS) is 11.6. The zero-order chi connectivity index (χ0) is 15.9. The van der Waals surface area contributed by atoms with Gasteiger partial charge in [-0.15, -0.1) is 0 Å². The van der Waals surface area contributed by atoms with Crippen molar-refractivity contribution in [3.05, 3.63) is 29.8 Å². The lowest BCUT2D eigenvalue weighted by atomic mass is 10.1. The molecule has 6 heteroatoms. The number of benzene rings is 1. The van der Waals surface area contributed by atoms with E-state index in [0.29, 0.717) is 18.7 Å². The molecule has 5 nitrogen and oxygen atoms in total. The number of hydrogen-bond acceptors (Lipinski definition) is 4. The van der Waals surface area contributed by atoms with E-state index >= 15 is 0 Å². The smallest absolute Gasteiger partial charge is 0.224 e. The molecule has 0 heterocycles. The van der Waals surface area contributed by atoms with Crippen molar-refractivity contribution in [1.82, 2.24) is 5.32 Å². The summed E-state index contributed by atoms with van der Waals surface area (Å²) in [6.07, 6.45) is 2.13. The Labute approximate surface area is 126 Å². The number of carbonyl (C=O) groups is 1. The van der Waals surface area contributed by atoms with E-state index in [2.05, 4.69) is 5.32 Å². The van der Waals surface area contributed by atoms with Crippen molar-refractivity contribution in [2.24, 2.45) is 0 Å². The Morgan fingerprint density at radius 3 is 2.57 bits per heavy atom. The highest BCUT2D eigenvalue weighted by molar-refractivity contribution is 7.90. The first kappa shape index (κ1) is 17.7. The van der Waals surface area contributed by atoms with Crippen LogP contribution in [0.1, 0.15) is 25.8 Å². The van der Waals surface area contributed by atoms with Crippen molar-refractivity contribution < 1.29 is 17.9 Å². The lowest BCUT2D eigenvalue weighted by Crippen LogP contribution is -2.27. The quantitative estimate of drug-likeness (QED) is 0.739. The zero-order valence-electron chi connectivity index (χ0n) is 12.8. The van der Waals surface area contributed by atoms with Crippen LogP contribution >= 0.6 is 0 Å². The summed E-state index contributed by atoms with van der Waals surface area (Å²) in [6.45, 7) is 5.03. The minimum Gasteiger partial charge on any atom is -0.379 e. The van der Waals surface area contributed by atoms with E-state index in [1.807, 2.05) is 13.8 Å². The van der Waals surface area contributed by atoms with Gasteiger partial charge in [0.25, 0.3) is 0 Å². The Morgan fingerprint density at radius 1 is 1.29 bits per heavy atom. The molecular formula is C15H23NO4S. The van der Waals surface area contributed by atoms with Gasteiger partial charge in [-0.3, -0.25) is 4.79 Å². The van der Waals surface area contributed by atoms with Crippen molar-refractivity contribution in [1.29, 1.82) is 0 Å². The average Bonchev–Trinajstić information content (AvgIpc) is 2.37. The van der Waals surface area contributed by atoms with Gasteiger partial charge in [-0.05, 0) is 31.9 Å². The van der Waals surface area contributed by atoms with Crippen molar-refractivity contribution in [2.75, 3.05) is 19.4 Å². The minimum atomic E-state index is -3.32. The average molecular weight is 313 g/mol. The summed E-state index contributed by atoms with van der Waals surface area (Å²) >= 11 is 0. The van der Waals surface area contributed by atoms with Crippen molar-refractivity contribution >= 4 is 15.7 Å². The summed E-state index contributed by atoms with van der Waals surface area (Å²) in [5, 5.41) is 2.77. The van der Waals surface area contributed by atoms with Gasteiger partial charge in [0.05, 0.1) is 17.4 Å². The summed E-state index contributed by atoms with van der Waals surface area (Å²) in [5.74, 6) is -0.185. The molecule has 0 aliphatic carbocycles. The van der Waals surface area contributed by atoms with Crippen LogP contribution in [0.5, 0.6) is 0 Å². The van der Waals surface area contributed by atoms with Gasteiger partial charge in [0.2, 0.25) is 5.91 Å². The second-order valence-corrected chi connectivity index (χ2v) is 7.16. The maximum absolute atomic E-state index is 11.8. The largest absolute Gasteiger partial charge is 0.379 e. The highest BCUT2D eigenvalue weighted by atomic mass is 32.2. The number of carbonyl (C=O) groups excluding carboxylic acids is 1. The Kier molecular flexibility index (Phi) is 6.84. The molecule has 21 heavy (non-hydrogen) atoms. The van der Waals surface area contributed by atoms with Gasteiger partial charge in [0.15, 0.2) is 9.84 Å². The molecule has 0 aromatic heterocycles. The van der Waals surface area contributed by atoms with Crippen LogP contribution < -0.4 is 5.32 Å². The van der Waals surface area contributed by atoms with Crippen LogP contribution in [0.3, 0.4) is 0 Å². The Bertz CT molecular complexity index is 567. The second-order valence-electron chi connectivity index (χ2n) is 5.18. The molecule has 0 spiro atoms. The molecule has 1 amide bonds. The highest BCUT2D eigenvalue weighted by Gasteiger charge is 2.14. The zero-order valence-corrected chi connectivity index (χ0v) is 13.6. The number of ether oxygens (including phenoxy) is 1. The first-order valence-corrected chi connectivity index (χ1v) is 8.86. The molecule has 1 aromatic carbocycles. The number of rotatable bonds is 8. The molecule has 0 fully saturated rings. The van der Waals surface area contributed by atoms with Gasteiger partial charge >= 0.3 is 0 Å². The summed E-state index contributed by atoms with van der Waals surface area (Å²) < 4.78 is 28.7. The number of sulfone groups is 1. The summed E-state index contributed by atoms with van der Waals surface area (Å²) in [7, 11) is -3.32. The predicted molar refractivity (Wildman–Crippen MR) is 82.0 cm³/mol. The Morgan fingerprint density at radius 2 is 1.95 bits per heavy atom. The van der Waals surface area contributed by atoms with Gasteiger partial charge in [-0.25, -0.2) is 8.42 Å². The van der Waals surface area contributed by atoms with E-state index in [-0.39, 0.29) is 23.3 Å². The molecule has 1 N–H and O–H groups in total. The van der Waals surface area contributed by atoms with Gasteiger partial charge in [-0.1, -0.05) is 18.2 Å². The van der Waals surface area contributed by atoms with Crippen LogP contribution in [0.15, 0.2) is 29.2 Å². The van der Waals surface area contributed by atoms with Crippen LogP contribution in [0.4, 0.5) is 0 Å². The van der Waals surface area contributed by atoms with E-state index in [1.54, 1.807) is 18.2 Å². The summed E-state index contributed by atoms with van der Waals surface area (Å²) in [4.78, 5) is 12.1. The lowest BCUT2D eigenvalue weighted by molar-refractivity contribution is -0.120. The lowest BCUT2D eigenvalue weighted by Gasteiger charge is -2.10. The fraction of sp³-hybridized carbons (Fsp3) is 0.533. The maximum atomic E-state index is 11.8. The topological polar surface area (TPSA) is 72.5 Å². The van der Waals surface area contributed by atoms with Crippen LogP contribution in [0.25, 0.3) is 0 Å². The molecule has 118 valence electrons. The fourth-order valence-electron chi connectivity index (χ4n) is 1.87. The highest BCUT2D eigenvalue weighted by Crippen LogP contribution is 2.15. The molecule has 0 saturated carbocycles. The van der Waals surface area contributed by atoms with Crippen LogP contribution in [-0.4, -0.2) is 39.8 Å². The molecule has 0 unspecified atom stereocenters. The van der Waals surface area contributed by atoms with E-state index in [4.69, 9.17) is 4.74 Å². The van der Waals surface area contributed by atoms with Crippen LogP contribution in [0, 0.1) is 0 Å². The second kappa shape index (κ2) is 8.14. The number of hydrogen-bond donors (Lipinski definition) is 1. The molecule has 0 radical (unpaired) electrons.